The highest BCUT2D eigenvalue weighted by molar-refractivity contribution is 7.92. The Kier molecular flexibility index (Phi) is 6.30. The molecule has 0 saturated carbocycles. The lowest BCUT2D eigenvalue weighted by atomic mass is 10.0. The second-order valence-electron chi connectivity index (χ2n) is 8.36. The normalized spacial score (nSPS) is 11.6. The molecular formula is C27H19F2N3O3S2. The van der Waals surface area contributed by atoms with Crippen molar-refractivity contribution in [2.45, 2.75) is 18.7 Å². The van der Waals surface area contributed by atoms with Gasteiger partial charge in [0.1, 0.15) is 31.9 Å². The highest BCUT2D eigenvalue weighted by Crippen LogP contribution is 2.35. The molecule has 0 aliphatic carbocycles. The van der Waals surface area contributed by atoms with E-state index >= 15 is 0 Å². The first-order valence-electron chi connectivity index (χ1n) is 11.1. The summed E-state index contributed by atoms with van der Waals surface area (Å²) >= 11 is 1.35. The molecule has 0 saturated heterocycles. The third-order valence-electron chi connectivity index (χ3n) is 5.86. The number of hydrogen-bond donors (Lipinski definition) is 1. The van der Waals surface area contributed by atoms with Crippen molar-refractivity contribution in [3.8, 4) is 21.7 Å². The van der Waals surface area contributed by atoms with Gasteiger partial charge >= 0.3 is 0 Å². The zero-order valence-corrected chi connectivity index (χ0v) is 21.3. The summed E-state index contributed by atoms with van der Waals surface area (Å²) in [4.78, 5) is 20.7. The first kappa shape index (κ1) is 24.7. The van der Waals surface area contributed by atoms with Gasteiger partial charge in [-0.1, -0.05) is 47.7 Å². The number of anilines is 1. The van der Waals surface area contributed by atoms with E-state index in [1.807, 2.05) is 18.2 Å². The Balaban J connectivity index is 1.48. The predicted molar refractivity (Wildman–Crippen MR) is 140 cm³/mol. The summed E-state index contributed by atoms with van der Waals surface area (Å²) < 4.78 is 55.6. The Morgan fingerprint density at radius 3 is 2.46 bits per heavy atom. The number of thiazole rings is 1. The molecule has 1 N–H and O–H groups in total. The number of nitrogens with one attached hydrogen (secondary N) is 1. The molecule has 5 rings (SSSR count). The van der Waals surface area contributed by atoms with Gasteiger partial charge in [0, 0.05) is 22.9 Å². The van der Waals surface area contributed by atoms with Crippen LogP contribution in [0.2, 0.25) is 0 Å². The molecule has 0 atom stereocenters. The number of pyridine rings is 1. The number of aromatic nitrogens is 2. The van der Waals surface area contributed by atoms with Crippen LogP contribution in [0.5, 0.6) is 0 Å². The Hall–Kier alpha value is -4.02. The highest BCUT2D eigenvalue weighted by atomic mass is 32.2. The lowest BCUT2D eigenvalue weighted by Gasteiger charge is -2.13. The zero-order valence-electron chi connectivity index (χ0n) is 19.6. The fraction of sp³-hybridized carbons (Fsp3) is 0.0741. The maximum atomic E-state index is 14.1. The first-order chi connectivity index (χ1) is 17.6. The standard InChI is InChI=1S/C27H19F2N3O3S2/c1-15-21(4-3-5-23(15)32-37(34,35)25-13-20(28)10-11-22(25)29)26-31-24-12-19(14-30-27(24)36-26)18-8-6-17(7-9-18)16(2)33/h3-14,32H,1-2H3. The molecule has 2 heterocycles. The van der Waals surface area contributed by atoms with Crippen molar-refractivity contribution in [3.05, 3.63) is 95.7 Å². The van der Waals surface area contributed by atoms with Gasteiger partial charge in [0.2, 0.25) is 0 Å². The van der Waals surface area contributed by atoms with Gasteiger partial charge in [0.15, 0.2) is 5.78 Å². The number of sulfonamides is 1. The van der Waals surface area contributed by atoms with Gasteiger partial charge in [-0.25, -0.2) is 27.2 Å². The van der Waals surface area contributed by atoms with Crippen LogP contribution in [0, 0.1) is 18.6 Å². The zero-order chi connectivity index (χ0) is 26.3. The van der Waals surface area contributed by atoms with Crippen LogP contribution in [0.4, 0.5) is 14.5 Å². The minimum Gasteiger partial charge on any atom is -0.295 e. The van der Waals surface area contributed by atoms with Crippen molar-refractivity contribution in [1.29, 1.82) is 0 Å². The smallest absolute Gasteiger partial charge is 0.264 e. The number of halogens is 2. The molecule has 0 fully saturated rings. The van der Waals surface area contributed by atoms with Crippen LogP contribution in [-0.4, -0.2) is 24.2 Å². The third-order valence-corrected chi connectivity index (χ3v) is 8.26. The molecule has 0 aliphatic rings. The molecule has 0 spiro atoms. The Bertz CT molecular complexity index is 1780. The minimum absolute atomic E-state index is 0.00905. The van der Waals surface area contributed by atoms with E-state index in [1.54, 1.807) is 43.5 Å². The van der Waals surface area contributed by atoms with Gasteiger partial charge in [-0.15, -0.1) is 0 Å². The Morgan fingerprint density at radius 1 is 0.973 bits per heavy atom. The second kappa shape index (κ2) is 9.45. The average molecular weight is 536 g/mol. The van der Waals surface area contributed by atoms with Crippen LogP contribution in [0.1, 0.15) is 22.8 Å². The molecule has 0 amide bonds. The largest absolute Gasteiger partial charge is 0.295 e. The summed E-state index contributed by atoms with van der Waals surface area (Å²) in [6, 6.07) is 16.4. The molecule has 0 bridgehead atoms. The van der Waals surface area contributed by atoms with E-state index in [1.165, 1.54) is 18.3 Å². The monoisotopic (exact) mass is 535 g/mol. The number of carbonyl (C=O) groups excluding carboxylic acids is 1. The summed E-state index contributed by atoms with van der Waals surface area (Å²) in [6.07, 6.45) is 1.73. The number of carbonyl (C=O) groups is 1. The predicted octanol–water partition coefficient (Wildman–Crippen LogP) is 6.62. The lowest BCUT2D eigenvalue weighted by molar-refractivity contribution is 0.101. The average Bonchev–Trinajstić information content (AvgIpc) is 3.30. The van der Waals surface area contributed by atoms with Gasteiger partial charge in [0.05, 0.1) is 5.69 Å². The van der Waals surface area contributed by atoms with Gasteiger partial charge in [-0.05, 0) is 55.3 Å². The lowest BCUT2D eigenvalue weighted by Crippen LogP contribution is -2.15. The van der Waals surface area contributed by atoms with Gasteiger partial charge in [-0.3, -0.25) is 9.52 Å². The van der Waals surface area contributed by atoms with E-state index in [0.717, 1.165) is 23.3 Å². The van der Waals surface area contributed by atoms with Crippen LogP contribution in [0.3, 0.4) is 0 Å². The molecule has 2 aromatic heterocycles. The number of rotatable bonds is 6. The van der Waals surface area contributed by atoms with Crippen molar-refractivity contribution in [3.63, 3.8) is 0 Å². The maximum Gasteiger partial charge on any atom is 0.264 e. The number of nitrogens with zero attached hydrogens (tertiary/aromatic N) is 2. The number of ketones is 1. The maximum absolute atomic E-state index is 14.1. The molecule has 37 heavy (non-hydrogen) atoms. The van der Waals surface area contributed by atoms with Crippen LogP contribution in [-0.2, 0) is 10.0 Å². The molecule has 5 aromatic rings. The van der Waals surface area contributed by atoms with Gasteiger partial charge < -0.3 is 0 Å². The molecule has 0 aliphatic heterocycles. The quantitative estimate of drug-likeness (QED) is 0.247. The van der Waals surface area contributed by atoms with Crippen molar-refractivity contribution in [1.82, 2.24) is 9.97 Å². The summed E-state index contributed by atoms with van der Waals surface area (Å²) in [5.41, 5.74) is 4.50. The Labute approximate surface area is 215 Å². The van der Waals surface area contributed by atoms with E-state index < -0.39 is 26.6 Å². The van der Waals surface area contributed by atoms with Crippen LogP contribution in [0.25, 0.3) is 32.0 Å². The SMILES string of the molecule is CC(=O)c1ccc(-c2cnc3sc(-c4cccc(NS(=O)(=O)c5cc(F)ccc5F)c4C)nc3c2)cc1. The second-order valence-corrected chi connectivity index (χ2v) is 11.0. The molecule has 186 valence electrons. The van der Waals surface area contributed by atoms with Crippen LogP contribution < -0.4 is 4.72 Å². The summed E-state index contributed by atoms with van der Waals surface area (Å²) in [5, 5.41) is 0.627. The van der Waals surface area contributed by atoms with Gasteiger partial charge in [-0.2, -0.15) is 0 Å². The van der Waals surface area contributed by atoms with Crippen LogP contribution >= 0.6 is 11.3 Å². The number of Topliss-reactive ketones (excluding diaryl/α,β-unsaturated/α-hetero) is 1. The molecule has 10 heteroatoms. The summed E-state index contributed by atoms with van der Waals surface area (Å²) in [6.45, 7) is 3.23. The molecule has 0 unspecified atom stereocenters. The molecular weight excluding hydrogens is 516 g/mol. The molecule has 6 nitrogen and oxygen atoms in total. The number of fused-ring (bicyclic) bond motifs is 1. The van der Waals surface area contributed by atoms with E-state index in [9.17, 15) is 22.0 Å². The fourth-order valence-electron chi connectivity index (χ4n) is 3.85. The van der Waals surface area contributed by atoms with Gasteiger partial charge in [0.25, 0.3) is 10.0 Å². The first-order valence-corrected chi connectivity index (χ1v) is 13.4. The van der Waals surface area contributed by atoms with Crippen molar-refractivity contribution >= 4 is 43.2 Å². The van der Waals surface area contributed by atoms with E-state index in [4.69, 9.17) is 4.98 Å². The van der Waals surface area contributed by atoms with E-state index in [0.29, 0.717) is 38.1 Å². The highest BCUT2D eigenvalue weighted by Gasteiger charge is 2.22. The third kappa shape index (κ3) is 4.85. The summed E-state index contributed by atoms with van der Waals surface area (Å²) in [5.74, 6) is -1.92. The molecule has 0 radical (unpaired) electrons. The summed E-state index contributed by atoms with van der Waals surface area (Å²) in [7, 11) is -4.37. The number of hydrogen-bond acceptors (Lipinski definition) is 6. The number of benzene rings is 3. The Morgan fingerprint density at radius 2 is 1.73 bits per heavy atom. The minimum atomic E-state index is -4.37. The topological polar surface area (TPSA) is 89.0 Å². The van der Waals surface area contributed by atoms with Crippen molar-refractivity contribution in [2.75, 3.05) is 4.72 Å². The van der Waals surface area contributed by atoms with Crippen molar-refractivity contribution in [2.24, 2.45) is 0 Å². The van der Waals surface area contributed by atoms with Crippen LogP contribution in [0.15, 0.2) is 77.8 Å². The van der Waals surface area contributed by atoms with Crippen molar-refractivity contribution < 1.29 is 22.0 Å². The fourth-order valence-corrected chi connectivity index (χ4v) is 6.04. The van der Waals surface area contributed by atoms with E-state index in [2.05, 4.69) is 9.71 Å². The van der Waals surface area contributed by atoms with E-state index in [-0.39, 0.29) is 11.5 Å². The molecule has 3 aromatic carbocycles.